The van der Waals surface area contributed by atoms with Gasteiger partial charge >= 0.3 is 11.8 Å². The van der Waals surface area contributed by atoms with Crippen LogP contribution >= 0.6 is 0 Å². The highest BCUT2D eigenvalue weighted by molar-refractivity contribution is 6.39. The molecule has 2 amide bonds. The lowest BCUT2D eigenvalue weighted by molar-refractivity contribution is -0.136. The monoisotopic (exact) mass is 328 g/mol. The summed E-state index contributed by atoms with van der Waals surface area (Å²) in [7, 11) is 1.84. The van der Waals surface area contributed by atoms with Gasteiger partial charge in [0.05, 0.1) is 11.4 Å². The fourth-order valence-corrected chi connectivity index (χ4v) is 2.50. The highest BCUT2D eigenvalue weighted by atomic mass is 16.2. The molecule has 0 aromatic carbocycles. The summed E-state index contributed by atoms with van der Waals surface area (Å²) in [6, 6.07) is 1.82. The molecule has 1 fully saturated rings. The summed E-state index contributed by atoms with van der Waals surface area (Å²) in [5, 5.41) is 9.32. The molecular weight excluding hydrogens is 308 g/mol. The van der Waals surface area contributed by atoms with E-state index in [1.165, 1.54) is 0 Å². The quantitative estimate of drug-likeness (QED) is 0.787. The lowest BCUT2D eigenvalue weighted by Gasteiger charge is -2.05. The molecule has 0 unspecified atom stereocenters. The Labute approximate surface area is 139 Å². The zero-order valence-electron chi connectivity index (χ0n) is 13.7. The van der Waals surface area contributed by atoms with Gasteiger partial charge in [0.15, 0.2) is 5.82 Å². The number of aryl methyl sites for hydroxylation is 2. The maximum absolute atomic E-state index is 11.9. The van der Waals surface area contributed by atoms with Gasteiger partial charge in [-0.15, -0.1) is 0 Å². The highest BCUT2D eigenvalue weighted by Gasteiger charge is 2.27. The van der Waals surface area contributed by atoms with Crippen molar-refractivity contribution in [3.63, 3.8) is 0 Å². The molecule has 0 atom stereocenters. The predicted octanol–water partition coefficient (Wildman–Crippen LogP) is 0.693. The molecule has 0 saturated heterocycles. The second kappa shape index (κ2) is 6.77. The first-order valence-electron chi connectivity index (χ1n) is 7.93. The predicted molar refractivity (Wildman–Crippen MR) is 87.3 cm³/mol. The van der Waals surface area contributed by atoms with Crippen LogP contribution in [0.25, 0.3) is 0 Å². The SMILES string of the molecule is Cc1cncc(CCNC(=O)C(=O)Nc2cc(C3CC3)n(C)n2)n1. The van der Waals surface area contributed by atoms with E-state index in [0.717, 1.165) is 29.9 Å². The summed E-state index contributed by atoms with van der Waals surface area (Å²) < 4.78 is 1.75. The van der Waals surface area contributed by atoms with Crippen LogP contribution in [-0.4, -0.2) is 38.1 Å². The second-order valence-corrected chi connectivity index (χ2v) is 5.96. The van der Waals surface area contributed by atoms with Crippen LogP contribution in [0.5, 0.6) is 0 Å². The van der Waals surface area contributed by atoms with Crippen molar-refractivity contribution in [1.82, 2.24) is 25.1 Å². The van der Waals surface area contributed by atoms with Gasteiger partial charge in [0.2, 0.25) is 0 Å². The molecule has 0 radical (unpaired) electrons. The number of hydrogen-bond donors (Lipinski definition) is 2. The minimum Gasteiger partial charge on any atom is -0.347 e. The number of nitrogens with zero attached hydrogens (tertiary/aromatic N) is 4. The molecular formula is C16H20N6O2. The molecule has 2 aromatic heterocycles. The van der Waals surface area contributed by atoms with Crippen molar-refractivity contribution >= 4 is 17.6 Å². The van der Waals surface area contributed by atoms with Gasteiger partial charge in [0.1, 0.15) is 0 Å². The minimum absolute atomic E-state index is 0.319. The van der Waals surface area contributed by atoms with Crippen LogP contribution in [0, 0.1) is 6.92 Å². The van der Waals surface area contributed by atoms with E-state index in [1.54, 1.807) is 17.1 Å². The standard InChI is InChI=1S/C16H20N6O2/c1-10-8-17-9-12(19-10)5-6-18-15(23)16(24)20-14-7-13(11-3-4-11)22(2)21-14/h7-9,11H,3-6H2,1-2H3,(H,18,23)(H,20,21,24). The van der Waals surface area contributed by atoms with Crippen molar-refractivity contribution < 1.29 is 9.59 Å². The molecule has 126 valence electrons. The second-order valence-electron chi connectivity index (χ2n) is 5.96. The van der Waals surface area contributed by atoms with E-state index in [9.17, 15) is 9.59 Å². The van der Waals surface area contributed by atoms with Gasteiger partial charge in [-0.3, -0.25) is 24.2 Å². The molecule has 0 bridgehead atoms. The van der Waals surface area contributed by atoms with Crippen LogP contribution < -0.4 is 10.6 Å². The first-order valence-corrected chi connectivity index (χ1v) is 7.93. The van der Waals surface area contributed by atoms with E-state index in [4.69, 9.17) is 0 Å². The molecule has 3 rings (SSSR count). The van der Waals surface area contributed by atoms with Crippen LogP contribution in [0.1, 0.15) is 35.8 Å². The van der Waals surface area contributed by atoms with Crippen LogP contribution in [0.3, 0.4) is 0 Å². The Bertz CT molecular complexity index is 766. The molecule has 0 spiro atoms. The molecule has 2 heterocycles. The zero-order chi connectivity index (χ0) is 17.1. The fraction of sp³-hybridized carbons (Fsp3) is 0.438. The third kappa shape index (κ3) is 3.95. The van der Waals surface area contributed by atoms with Gasteiger partial charge < -0.3 is 10.6 Å². The van der Waals surface area contributed by atoms with Gasteiger partial charge in [0.25, 0.3) is 0 Å². The molecule has 2 aromatic rings. The van der Waals surface area contributed by atoms with Crippen molar-refractivity contribution in [2.45, 2.75) is 32.1 Å². The van der Waals surface area contributed by atoms with E-state index < -0.39 is 11.8 Å². The van der Waals surface area contributed by atoms with Crippen molar-refractivity contribution in [1.29, 1.82) is 0 Å². The third-order valence-corrected chi connectivity index (χ3v) is 3.83. The zero-order valence-corrected chi connectivity index (χ0v) is 13.7. The van der Waals surface area contributed by atoms with E-state index in [0.29, 0.717) is 24.7 Å². The lowest BCUT2D eigenvalue weighted by Crippen LogP contribution is -2.36. The summed E-state index contributed by atoms with van der Waals surface area (Å²) in [4.78, 5) is 32.1. The maximum Gasteiger partial charge on any atom is 0.314 e. The summed E-state index contributed by atoms with van der Waals surface area (Å²) in [6.07, 6.45) is 6.12. The van der Waals surface area contributed by atoms with Gasteiger partial charge in [-0.1, -0.05) is 0 Å². The minimum atomic E-state index is -0.717. The average Bonchev–Trinajstić information content (AvgIpc) is 3.31. The Morgan fingerprint density at radius 3 is 2.79 bits per heavy atom. The van der Waals surface area contributed by atoms with Crippen molar-refractivity contribution in [2.75, 3.05) is 11.9 Å². The summed E-state index contributed by atoms with van der Waals surface area (Å²) in [6.45, 7) is 2.17. The Kier molecular flexibility index (Phi) is 4.54. The Balaban J connectivity index is 1.48. The summed E-state index contributed by atoms with van der Waals surface area (Å²) >= 11 is 0. The molecule has 1 aliphatic rings. The average molecular weight is 328 g/mol. The molecule has 0 aliphatic heterocycles. The first kappa shape index (κ1) is 16.1. The normalized spacial score (nSPS) is 13.6. The van der Waals surface area contributed by atoms with Crippen LogP contribution in [-0.2, 0) is 23.1 Å². The number of hydrogen-bond acceptors (Lipinski definition) is 5. The lowest BCUT2D eigenvalue weighted by atomic mass is 10.3. The molecule has 1 saturated carbocycles. The molecule has 8 nitrogen and oxygen atoms in total. The van der Waals surface area contributed by atoms with E-state index in [1.807, 2.05) is 20.0 Å². The van der Waals surface area contributed by atoms with Crippen molar-refractivity contribution in [2.24, 2.45) is 7.05 Å². The summed E-state index contributed by atoms with van der Waals surface area (Å²) in [5.41, 5.74) is 2.68. The topological polar surface area (TPSA) is 102 Å². The van der Waals surface area contributed by atoms with Gasteiger partial charge in [-0.25, -0.2) is 0 Å². The largest absolute Gasteiger partial charge is 0.347 e. The number of carbonyl (C=O) groups excluding carboxylic acids is 2. The molecule has 1 aliphatic carbocycles. The fourth-order valence-electron chi connectivity index (χ4n) is 2.50. The van der Waals surface area contributed by atoms with Gasteiger partial charge in [-0.2, -0.15) is 5.10 Å². The number of nitrogens with one attached hydrogen (secondary N) is 2. The van der Waals surface area contributed by atoms with E-state index >= 15 is 0 Å². The first-order chi connectivity index (χ1) is 11.5. The summed E-state index contributed by atoms with van der Waals surface area (Å²) in [5.74, 6) is -0.471. The Morgan fingerprint density at radius 2 is 2.08 bits per heavy atom. The van der Waals surface area contributed by atoms with E-state index in [-0.39, 0.29) is 0 Å². The third-order valence-electron chi connectivity index (χ3n) is 3.83. The van der Waals surface area contributed by atoms with Crippen LogP contribution in [0.15, 0.2) is 18.5 Å². The molecule has 2 N–H and O–H groups in total. The number of rotatable bonds is 5. The van der Waals surface area contributed by atoms with Crippen molar-refractivity contribution in [3.05, 3.63) is 35.5 Å². The van der Waals surface area contributed by atoms with Gasteiger partial charge in [-0.05, 0) is 19.8 Å². The van der Waals surface area contributed by atoms with E-state index in [2.05, 4.69) is 25.7 Å². The molecule has 8 heteroatoms. The number of amides is 2. The smallest absolute Gasteiger partial charge is 0.314 e. The number of aromatic nitrogens is 4. The van der Waals surface area contributed by atoms with Crippen molar-refractivity contribution in [3.8, 4) is 0 Å². The maximum atomic E-state index is 11.9. The van der Waals surface area contributed by atoms with Crippen LogP contribution in [0.4, 0.5) is 5.82 Å². The molecule has 24 heavy (non-hydrogen) atoms. The highest BCUT2D eigenvalue weighted by Crippen LogP contribution is 2.40. The van der Waals surface area contributed by atoms with Gasteiger partial charge in [0, 0.05) is 50.1 Å². The number of carbonyl (C=O) groups is 2. The van der Waals surface area contributed by atoms with Crippen LogP contribution in [0.2, 0.25) is 0 Å². The number of anilines is 1. The Morgan fingerprint density at radius 1 is 1.29 bits per heavy atom. The Hall–Kier alpha value is -2.77.